The predicted octanol–water partition coefficient (Wildman–Crippen LogP) is 4.34. The molecule has 0 spiro atoms. The SMILES string of the molecule is Cc1ccc(S(=O)(=O)N(C[C@@H](O)CN2CCCCC2)c2cc(Cl)ccc2Cl)cc1. The zero-order chi connectivity index (χ0) is 21.0. The predicted molar refractivity (Wildman–Crippen MR) is 118 cm³/mol. The standard InChI is InChI=1S/C21H26Cl2N2O3S/c1-16-5-8-19(9-6-16)29(27,28)25(21-13-17(22)7-10-20(21)23)15-18(26)14-24-11-3-2-4-12-24/h5-10,13,18,26H,2-4,11-12,14-15H2,1H3/t18-/m0/s1. The normalized spacial score (nSPS) is 16.6. The van der Waals surface area contributed by atoms with E-state index in [9.17, 15) is 13.5 Å². The lowest BCUT2D eigenvalue weighted by molar-refractivity contribution is 0.107. The monoisotopic (exact) mass is 456 g/mol. The van der Waals surface area contributed by atoms with Crippen LogP contribution in [-0.2, 0) is 10.0 Å². The van der Waals surface area contributed by atoms with Gasteiger partial charge in [-0.25, -0.2) is 8.42 Å². The van der Waals surface area contributed by atoms with Gasteiger partial charge in [0.25, 0.3) is 10.0 Å². The number of rotatable bonds is 7. The van der Waals surface area contributed by atoms with Crippen LogP contribution in [0.4, 0.5) is 5.69 Å². The minimum absolute atomic E-state index is 0.104. The molecule has 0 unspecified atom stereocenters. The second-order valence-corrected chi connectivity index (χ2v) is 10.2. The number of aliphatic hydroxyl groups is 1. The third kappa shape index (κ3) is 5.64. The number of benzene rings is 2. The quantitative estimate of drug-likeness (QED) is 0.672. The Labute approximate surface area is 182 Å². The van der Waals surface area contributed by atoms with Crippen LogP contribution in [0.25, 0.3) is 0 Å². The highest BCUT2D eigenvalue weighted by Crippen LogP contribution is 2.33. The second kappa shape index (κ2) is 9.67. The zero-order valence-corrected chi connectivity index (χ0v) is 18.7. The van der Waals surface area contributed by atoms with Crippen molar-refractivity contribution >= 4 is 38.9 Å². The highest BCUT2D eigenvalue weighted by molar-refractivity contribution is 7.92. The summed E-state index contributed by atoms with van der Waals surface area (Å²) in [6, 6.07) is 11.3. The number of piperidine rings is 1. The molecule has 0 aromatic heterocycles. The van der Waals surface area contributed by atoms with Crippen LogP contribution < -0.4 is 4.31 Å². The van der Waals surface area contributed by atoms with E-state index in [0.29, 0.717) is 11.6 Å². The number of hydrogen-bond donors (Lipinski definition) is 1. The Morgan fingerprint density at radius 3 is 2.38 bits per heavy atom. The fourth-order valence-electron chi connectivity index (χ4n) is 3.53. The van der Waals surface area contributed by atoms with Gasteiger partial charge in [0.1, 0.15) is 0 Å². The van der Waals surface area contributed by atoms with E-state index in [1.807, 2.05) is 6.92 Å². The number of sulfonamides is 1. The lowest BCUT2D eigenvalue weighted by atomic mass is 10.1. The number of hydrogen-bond acceptors (Lipinski definition) is 4. The Hall–Kier alpha value is -1.31. The van der Waals surface area contributed by atoms with Gasteiger partial charge in [-0.1, -0.05) is 47.3 Å². The molecule has 0 bridgehead atoms. The summed E-state index contributed by atoms with van der Waals surface area (Å²) in [7, 11) is -3.93. The molecule has 2 aromatic carbocycles. The molecule has 29 heavy (non-hydrogen) atoms. The molecule has 0 aliphatic carbocycles. The Kier molecular flexibility index (Phi) is 7.46. The summed E-state index contributed by atoms with van der Waals surface area (Å²) in [5.74, 6) is 0. The molecule has 1 fully saturated rings. The number of likely N-dealkylation sites (tertiary alicyclic amines) is 1. The molecule has 2 aromatic rings. The average Bonchev–Trinajstić information content (AvgIpc) is 2.69. The molecular formula is C21H26Cl2N2O3S. The van der Waals surface area contributed by atoms with Crippen LogP contribution in [0.2, 0.25) is 10.0 Å². The van der Waals surface area contributed by atoms with Crippen molar-refractivity contribution in [2.24, 2.45) is 0 Å². The van der Waals surface area contributed by atoms with Crippen molar-refractivity contribution in [1.29, 1.82) is 0 Å². The van der Waals surface area contributed by atoms with Gasteiger partial charge in [0.15, 0.2) is 0 Å². The van der Waals surface area contributed by atoms with E-state index < -0.39 is 16.1 Å². The molecule has 1 aliphatic rings. The highest BCUT2D eigenvalue weighted by Gasteiger charge is 2.29. The maximum absolute atomic E-state index is 13.4. The first kappa shape index (κ1) is 22.4. The molecule has 1 N–H and O–H groups in total. The molecule has 0 amide bonds. The van der Waals surface area contributed by atoms with E-state index in [0.717, 1.165) is 31.5 Å². The van der Waals surface area contributed by atoms with Crippen LogP contribution in [0.3, 0.4) is 0 Å². The van der Waals surface area contributed by atoms with Crippen molar-refractivity contribution in [1.82, 2.24) is 4.90 Å². The summed E-state index contributed by atoms with van der Waals surface area (Å²) in [4.78, 5) is 2.31. The molecule has 8 heteroatoms. The first-order valence-electron chi connectivity index (χ1n) is 9.72. The van der Waals surface area contributed by atoms with Crippen LogP contribution in [0, 0.1) is 6.92 Å². The van der Waals surface area contributed by atoms with E-state index in [-0.39, 0.29) is 22.2 Å². The molecule has 0 radical (unpaired) electrons. The van der Waals surface area contributed by atoms with E-state index in [1.165, 1.54) is 16.8 Å². The highest BCUT2D eigenvalue weighted by atomic mass is 35.5. The minimum Gasteiger partial charge on any atom is -0.390 e. The summed E-state index contributed by atoms with van der Waals surface area (Å²) < 4.78 is 28.0. The van der Waals surface area contributed by atoms with E-state index >= 15 is 0 Å². The number of aliphatic hydroxyl groups excluding tert-OH is 1. The largest absolute Gasteiger partial charge is 0.390 e. The van der Waals surface area contributed by atoms with Crippen LogP contribution in [0.15, 0.2) is 47.4 Å². The van der Waals surface area contributed by atoms with Gasteiger partial charge in [0.05, 0.1) is 28.3 Å². The van der Waals surface area contributed by atoms with Gasteiger partial charge < -0.3 is 10.0 Å². The van der Waals surface area contributed by atoms with E-state index in [4.69, 9.17) is 23.2 Å². The van der Waals surface area contributed by atoms with Gasteiger partial charge in [-0.05, 0) is 63.2 Å². The molecule has 1 heterocycles. The van der Waals surface area contributed by atoms with Crippen LogP contribution >= 0.6 is 23.2 Å². The molecule has 0 saturated carbocycles. The van der Waals surface area contributed by atoms with Crippen molar-refractivity contribution in [3.05, 3.63) is 58.1 Å². The third-order valence-electron chi connectivity index (χ3n) is 5.08. The Bertz CT molecular complexity index is 929. The molecule has 5 nitrogen and oxygen atoms in total. The summed E-state index contributed by atoms with van der Waals surface area (Å²) >= 11 is 12.4. The van der Waals surface area contributed by atoms with Crippen molar-refractivity contribution < 1.29 is 13.5 Å². The molecule has 1 atom stereocenters. The zero-order valence-electron chi connectivity index (χ0n) is 16.4. The number of β-amino-alcohol motifs (C(OH)–C–C–N with tert-alkyl or cyclic N) is 1. The first-order valence-corrected chi connectivity index (χ1v) is 11.9. The topological polar surface area (TPSA) is 60.9 Å². The average molecular weight is 457 g/mol. The van der Waals surface area contributed by atoms with Crippen LogP contribution in [0.1, 0.15) is 24.8 Å². The number of anilines is 1. The molecule has 1 aliphatic heterocycles. The second-order valence-electron chi connectivity index (χ2n) is 7.46. The minimum atomic E-state index is -3.93. The van der Waals surface area contributed by atoms with Gasteiger partial charge in [-0.3, -0.25) is 4.31 Å². The van der Waals surface area contributed by atoms with Gasteiger partial charge in [0, 0.05) is 11.6 Å². The van der Waals surface area contributed by atoms with Crippen LogP contribution in [-0.4, -0.2) is 50.7 Å². The molecule has 3 rings (SSSR count). The van der Waals surface area contributed by atoms with Crippen molar-refractivity contribution in [3.8, 4) is 0 Å². The summed E-state index contributed by atoms with van der Waals surface area (Å²) in [6.45, 7) is 4.04. The maximum Gasteiger partial charge on any atom is 0.264 e. The van der Waals surface area contributed by atoms with E-state index in [1.54, 1.807) is 36.4 Å². The molecular weight excluding hydrogens is 431 g/mol. The van der Waals surface area contributed by atoms with Gasteiger partial charge in [0.2, 0.25) is 0 Å². The first-order chi connectivity index (χ1) is 13.8. The summed E-state index contributed by atoms with van der Waals surface area (Å²) in [6.07, 6.45) is 2.53. The Morgan fingerprint density at radius 1 is 1.07 bits per heavy atom. The lowest BCUT2D eigenvalue weighted by Crippen LogP contribution is -2.44. The summed E-state index contributed by atoms with van der Waals surface area (Å²) in [5, 5.41) is 11.4. The van der Waals surface area contributed by atoms with Gasteiger partial charge >= 0.3 is 0 Å². The van der Waals surface area contributed by atoms with Gasteiger partial charge in [-0.2, -0.15) is 0 Å². The summed E-state index contributed by atoms with van der Waals surface area (Å²) in [5.41, 5.74) is 1.22. The molecule has 158 valence electrons. The van der Waals surface area contributed by atoms with Crippen molar-refractivity contribution in [2.75, 3.05) is 30.5 Å². The Morgan fingerprint density at radius 2 is 1.72 bits per heavy atom. The van der Waals surface area contributed by atoms with Crippen LogP contribution in [0.5, 0.6) is 0 Å². The fraction of sp³-hybridized carbons (Fsp3) is 0.429. The van der Waals surface area contributed by atoms with Gasteiger partial charge in [-0.15, -0.1) is 0 Å². The third-order valence-corrected chi connectivity index (χ3v) is 7.43. The van der Waals surface area contributed by atoms with Crippen molar-refractivity contribution in [2.45, 2.75) is 37.2 Å². The number of nitrogens with zero attached hydrogens (tertiary/aromatic N) is 2. The number of halogens is 2. The lowest BCUT2D eigenvalue weighted by Gasteiger charge is -2.32. The van der Waals surface area contributed by atoms with Crippen molar-refractivity contribution in [3.63, 3.8) is 0 Å². The molecule has 1 saturated heterocycles. The Balaban J connectivity index is 1.93. The smallest absolute Gasteiger partial charge is 0.264 e. The van der Waals surface area contributed by atoms with E-state index in [2.05, 4.69) is 4.90 Å². The fourth-order valence-corrected chi connectivity index (χ4v) is 5.48. The maximum atomic E-state index is 13.4. The number of aryl methyl sites for hydroxylation is 1.